The predicted molar refractivity (Wildman–Crippen MR) is 106 cm³/mol. The normalized spacial score (nSPS) is 15.8. The van der Waals surface area contributed by atoms with Crippen molar-refractivity contribution >= 4 is 40.5 Å². The Hall–Kier alpha value is -3.27. The molecule has 1 saturated heterocycles. The topological polar surface area (TPSA) is 119 Å². The monoisotopic (exact) mass is 417 g/mol. The van der Waals surface area contributed by atoms with E-state index in [4.69, 9.17) is 4.74 Å². The molecule has 1 unspecified atom stereocenters. The fourth-order valence-electron chi connectivity index (χ4n) is 3.17. The Morgan fingerprint density at radius 3 is 2.79 bits per heavy atom. The van der Waals surface area contributed by atoms with Crippen molar-refractivity contribution in [3.05, 3.63) is 56.3 Å². The molecule has 10 heteroatoms. The summed E-state index contributed by atoms with van der Waals surface area (Å²) in [6, 6.07) is 7.06. The van der Waals surface area contributed by atoms with Gasteiger partial charge in [0, 0.05) is 12.6 Å². The smallest absolute Gasteiger partial charge is 0.329 e. The summed E-state index contributed by atoms with van der Waals surface area (Å²) < 4.78 is 5.10. The minimum Gasteiger partial charge on any atom is -0.454 e. The van der Waals surface area contributed by atoms with Gasteiger partial charge in [-0.05, 0) is 37.3 Å². The van der Waals surface area contributed by atoms with Gasteiger partial charge >= 0.3 is 5.97 Å². The number of anilines is 1. The van der Waals surface area contributed by atoms with E-state index in [1.54, 1.807) is 17.5 Å². The molecule has 1 aliphatic rings. The first-order valence-electron chi connectivity index (χ1n) is 8.93. The molecule has 1 aromatic carbocycles. The number of rotatable bonds is 6. The van der Waals surface area contributed by atoms with Gasteiger partial charge in [0.15, 0.2) is 6.61 Å². The number of nitrogens with zero attached hydrogens (tertiary/aromatic N) is 2. The highest BCUT2D eigenvalue weighted by molar-refractivity contribution is 7.12. The number of nitro benzene ring substituents is 1. The van der Waals surface area contributed by atoms with Crippen LogP contribution in [-0.2, 0) is 14.3 Å². The highest BCUT2D eigenvalue weighted by Gasteiger charge is 2.36. The number of carbonyl (C=O) groups is 3. The Morgan fingerprint density at radius 1 is 1.31 bits per heavy atom. The van der Waals surface area contributed by atoms with Gasteiger partial charge in [-0.3, -0.25) is 19.7 Å². The first-order chi connectivity index (χ1) is 13.9. The van der Waals surface area contributed by atoms with Crippen LogP contribution in [0, 0.1) is 17.0 Å². The second-order valence-corrected chi connectivity index (χ2v) is 7.44. The largest absolute Gasteiger partial charge is 0.454 e. The van der Waals surface area contributed by atoms with Gasteiger partial charge in [0.2, 0.25) is 0 Å². The highest BCUT2D eigenvalue weighted by atomic mass is 32.1. The molecule has 1 aliphatic heterocycles. The van der Waals surface area contributed by atoms with Crippen LogP contribution in [0.4, 0.5) is 11.4 Å². The molecule has 1 N–H and O–H groups in total. The molecule has 0 aliphatic carbocycles. The van der Waals surface area contributed by atoms with Gasteiger partial charge in [-0.15, -0.1) is 11.3 Å². The maximum atomic E-state index is 12.5. The van der Waals surface area contributed by atoms with Crippen LogP contribution in [0.15, 0.2) is 35.7 Å². The van der Waals surface area contributed by atoms with E-state index in [1.165, 1.54) is 41.4 Å². The van der Waals surface area contributed by atoms with Gasteiger partial charge in [-0.2, -0.15) is 0 Å². The van der Waals surface area contributed by atoms with Crippen molar-refractivity contribution in [2.45, 2.75) is 25.8 Å². The number of likely N-dealkylation sites (tertiary alicyclic amines) is 1. The van der Waals surface area contributed by atoms with Crippen LogP contribution >= 0.6 is 11.3 Å². The van der Waals surface area contributed by atoms with Crippen LogP contribution in [0.2, 0.25) is 0 Å². The van der Waals surface area contributed by atoms with Crippen LogP contribution < -0.4 is 5.32 Å². The molecule has 0 radical (unpaired) electrons. The van der Waals surface area contributed by atoms with Crippen molar-refractivity contribution in [1.29, 1.82) is 0 Å². The lowest BCUT2D eigenvalue weighted by Crippen LogP contribution is -2.41. The Bertz CT molecular complexity index is 943. The zero-order valence-corrected chi connectivity index (χ0v) is 16.4. The van der Waals surface area contributed by atoms with Crippen molar-refractivity contribution in [2.24, 2.45) is 0 Å². The lowest BCUT2D eigenvalue weighted by Gasteiger charge is -2.22. The molecule has 0 saturated carbocycles. The summed E-state index contributed by atoms with van der Waals surface area (Å²) in [5.74, 6) is -1.48. The molecule has 2 aromatic rings. The number of nitrogens with one attached hydrogen (secondary N) is 1. The van der Waals surface area contributed by atoms with E-state index in [0.29, 0.717) is 29.8 Å². The summed E-state index contributed by atoms with van der Waals surface area (Å²) >= 11 is 1.30. The number of hydrogen-bond donors (Lipinski definition) is 1. The number of ether oxygens (including phenoxy) is 1. The molecule has 2 heterocycles. The molecule has 152 valence electrons. The number of amides is 2. The summed E-state index contributed by atoms with van der Waals surface area (Å²) in [6.45, 7) is 1.43. The average molecular weight is 417 g/mol. The van der Waals surface area contributed by atoms with E-state index in [1.807, 2.05) is 0 Å². The molecule has 2 amide bonds. The first kappa shape index (κ1) is 20.5. The van der Waals surface area contributed by atoms with Gasteiger partial charge < -0.3 is 15.0 Å². The Balaban J connectivity index is 1.57. The molecule has 0 bridgehead atoms. The van der Waals surface area contributed by atoms with Gasteiger partial charge in [-0.1, -0.05) is 12.1 Å². The third kappa shape index (κ3) is 4.60. The van der Waals surface area contributed by atoms with Crippen LogP contribution in [-0.4, -0.2) is 46.8 Å². The minimum absolute atomic E-state index is 0.117. The summed E-state index contributed by atoms with van der Waals surface area (Å²) in [6.07, 6.45) is 1.15. The van der Waals surface area contributed by atoms with E-state index >= 15 is 0 Å². The fraction of sp³-hybridized carbons (Fsp3) is 0.316. The fourth-order valence-corrected chi connectivity index (χ4v) is 3.85. The summed E-state index contributed by atoms with van der Waals surface area (Å²) in [4.78, 5) is 49.5. The number of carbonyl (C=O) groups excluding carboxylic acids is 3. The molecule has 9 nitrogen and oxygen atoms in total. The zero-order chi connectivity index (χ0) is 21.0. The predicted octanol–water partition coefficient (Wildman–Crippen LogP) is 2.75. The molecule has 0 spiro atoms. The van der Waals surface area contributed by atoms with Crippen molar-refractivity contribution in [2.75, 3.05) is 18.5 Å². The van der Waals surface area contributed by atoms with Crippen LogP contribution in [0.3, 0.4) is 0 Å². The van der Waals surface area contributed by atoms with Gasteiger partial charge in [0.1, 0.15) is 6.04 Å². The number of nitro groups is 1. The summed E-state index contributed by atoms with van der Waals surface area (Å²) in [7, 11) is 0. The molecular formula is C19H19N3O6S. The van der Waals surface area contributed by atoms with Crippen LogP contribution in [0.25, 0.3) is 0 Å². The number of esters is 1. The Kier molecular flexibility index (Phi) is 6.23. The quantitative estimate of drug-likeness (QED) is 0.439. The van der Waals surface area contributed by atoms with Crippen LogP contribution in [0.5, 0.6) is 0 Å². The third-order valence-electron chi connectivity index (χ3n) is 4.64. The van der Waals surface area contributed by atoms with E-state index < -0.39 is 29.4 Å². The number of benzene rings is 1. The minimum atomic E-state index is -0.725. The lowest BCUT2D eigenvalue weighted by molar-refractivity contribution is -0.385. The van der Waals surface area contributed by atoms with E-state index in [0.717, 1.165) is 0 Å². The Labute approximate surface area is 170 Å². The lowest BCUT2D eigenvalue weighted by atomic mass is 10.1. The maximum absolute atomic E-state index is 12.5. The van der Waals surface area contributed by atoms with Crippen molar-refractivity contribution < 1.29 is 24.0 Å². The summed E-state index contributed by atoms with van der Waals surface area (Å²) in [5, 5.41) is 15.3. The molecule has 1 aromatic heterocycles. The summed E-state index contributed by atoms with van der Waals surface area (Å²) in [5.41, 5.74) is 0.463. The van der Waals surface area contributed by atoms with E-state index in [-0.39, 0.29) is 17.3 Å². The maximum Gasteiger partial charge on any atom is 0.329 e. The second-order valence-electron chi connectivity index (χ2n) is 6.50. The van der Waals surface area contributed by atoms with Crippen LogP contribution in [0.1, 0.15) is 28.1 Å². The van der Waals surface area contributed by atoms with Gasteiger partial charge in [0.05, 0.1) is 21.1 Å². The van der Waals surface area contributed by atoms with Gasteiger partial charge in [0.25, 0.3) is 17.5 Å². The molecular weight excluding hydrogens is 398 g/mol. The molecule has 3 rings (SSSR count). The third-order valence-corrected chi connectivity index (χ3v) is 5.50. The molecule has 1 fully saturated rings. The first-order valence-corrected chi connectivity index (χ1v) is 9.81. The van der Waals surface area contributed by atoms with E-state index in [2.05, 4.69) is 5.32 Å². The molecule has 29 heavy (non-hydrogen) atoms. The SMILES string of the molecule is Cc1c(NC(=O)COC(=O)C2CCCN2C(=O)c2cccs2)cccc1[N+](=O)[O-]. The van der Waals surface area contributed by atoms with Crippen molar-refractivity contribution in [1.82, 2.24) is 4.90 Å². The Morgan fingerprint density at radius 2 is 2.10 bits per heavy atom. The van der Waals surface area contributed by atoms with Crippen molar-refractivity contribution in [3.63, 3.8) is 0 Å². The number of thiophene rings is 1. The average Bonchev–Trinajstić information content (AvgIpc) is 3.39. The zero-order valence-electron chi connectivity index (χ0n) is 15.6. The standard InChI is InChI=1S/C19H19N3O6S/c1-12-13(5-2-6-14(12)22(26)27)20-17(23)11-28-19(25)15-7-3-9-21(15)18(24)16-8-4-10-29-16/h2,4-6,8,10,15H,3,7,9,11H2,1H3,(H,20,23). The van der Waals surface area contributed by atoms with Gasteiger partial charge in [-0.25, -0.2) is 4.79 Å². The van der Waals surface area contributed by atoms with E-state index in [9.17, 15) is 24.5 Å². The second kappa shape index (κ2) is 8.82. The molecule has 1 atom stereocenters. The highest BCUT2D eigenvalue weighted by Crippen LogP contribution is 2.25. The van der Waals surface area contributed by atoms with Crippen molar-refractivity contribution in [3.8, 4) is 0 Å². The number of hydrogen-bond acceptors (Lipinski definition) is 7.